The number of carbonyl (C=O) groups excluding carboxylic acids is 2. The van der Waals surface area contributed by atoms with Gasteiger partial charge in [-0.3, -0.25) is 9.59 Å². The molecule has 8 nitrogen and oxygen atoms in total. The Hall–Kier alpha value is -2.90. The van der Waals surface area contributed by atoms with Crippen molar-refractivity contribution in [1.82, 2.24) is 15.0 Å². The molecule has 0 unspecified atom stereocenters. The van der Waals surface area contributed by atoms with Gasteiger partial charge < -0.3 is 19.6 Å². The molecule has 2 aliphatic rings. The van der Waals surface area contributed by atoms with E-state index in [1.165, 1.54) is 0 Å². The first-order valence-electron chi connectivity index (χ1n) is 8.79. The second-order valence-corrected chi connectivity index (χ2v) is 6.83. The molecule has 0 bridgehead atoms. The summed E-state index contributed by atoms with van der Waals surface area (Å²) >= 11 is 0. The van der Waals surface area contributed by atoms with E-state index in [2.05, 4.69) is 20.4 Å². The fraction of sp³-hybridized carbons (Fsp3) is 0.444. The zero-order chi connectivity index (χ0) is 18.1. The Morgan fingerprint density at radius 3 is 2.54 bits per heavy atom. The zero-order valence-corrected chi connectivity index (χ0v) is 14.6. The number of nitrogens with zero attached hydrogens (tertiary/aromatic N) is 4. The summed E-state index contributed by atoms with van der Waals surface area (Å²) in [6.45, 7) is 4.36. The lowest BCUT2D eigenvalue weighted by Crippen LogP contribution is -2.52. The second kappa shape index (κ2) is 6.44. The molecule has 1 aliphatic carbocycles. The Balaban J connectivity index is 1.38. The highest BCUT2D eigenvalue weighted by atomic mass is 16.5. The van der Waals surface area contributed by atoms with E-state index in [9.17, 15) is 9.59 Å². The van der Waals surface area contributed by atoms with Crippen LogP contribution in [0.1, 0.15) is 18.6 Å². The Kier molecular flexibility index (Phi) is 4.10. The van der Waals surface area contributed by atoms with Crippen LogP contribution in [0.4, 0.5) is 11.6 Å². The van der Waals surface area contributed by atoms with E-state index in [1.54, 1.807) is 24.1 Å². The molecule has 0 radical (unpaired) electrons. The number of pyridine rings is 1. The summed E-state index contributed by atoms with van der Waals surface area (Å²) in [5.74, 6) is 1.51. The number of piperazine rings is 1. The SMILES string of the molecule is Cc1cc(NC(=O)C2(C(=O)N3CCN(c4ccccn4)CC3)CC2)no1. The van der Waals surface area contributed by atoms with Crippen LogP contribution in [0.2, 0.25) is 0 Å². The van der Waals surface area contributed by atoms with Crippen LogP contribution < -0.4 is 10.2 Å². The molecule has 1 saturated heterocycles. The average molecular weight is 355 g/mol. The van der Waals surface area contributed by atoms with Gasteiger partial charge in [-0.05, 0) is 31.9 Å². The molecule has 136 valence electrons. The van der Waals surface area contributed by atoms with Crippen LogP contribution in [-0.4, -0.2) is 53.0 Å². The Bertz CT molecular complexity index is 807. The van der Waals surface area contributed by atoms with E-state index >= 15 is 0 Å². The van der Waals surface area contributed by atoms with Crippen molar-refractivity contribution in [2.75, 3.05) is 36.4 Å². The van der Waals surface area contributed by atoms with Crippen molar-refractivity contribution in [1.29, 1.82) is 0 Å². The molecule has 0 atom stereocenters. The molecular formula is C18H21N5O3. The lowest BCUT2D eigenvalue weighted by Gasteiger charge is -2.36. The average Bonchev–Trinajstić information content (AvgIpc) is 3.39. The highest BCUT2D eigenvalue weighted by Gasteiger charge is 2.58. The van der Waals surface area contributed by atoms with Crippen LogP contribution in [-0.2, 0) is 9.59 Å². The van der Waals surface area contributed by atoms with Crippen molar-refractivity contribution in [2.24, 2.45) is 5.41 Å². The number of aromatic nitrogens is 2. The number of aryl methyl sites for hydroxylation is 1. The van der Waals surface area contributed by atoms with Crippen LogP contribution in [0, 0.1) is 12.3 Å². The molecule has 0 spiro atoms. The van der Waals surface area contributed by atoms with Gasteiger partial charge in [-0.15, -0.1) is 0 Å². The van der Waals surface area contributed by atoms with Gasteiger partial charge in [-0.1, -0.05) is 11.2 Å². The van der Waals surface area contributed by atoms with E-state index in [0.717, 1.165) is 5.82 Å². The van der Waals surface area contributed by atoms with Crippen LogP contribution in [0.25, 0.3) is 0 Å². The molecule has 0 aromatic carbocycles. The maximum atomic E-state index is 12.9. The molecule has 2 amide bonds. The first-order valence-corrected chi connectivity index (χ1v) is 8.79. The van der Waals surface area contributed by atoms with Gasteiger partial charge in [0.25, 0.3) is 0 Å². The Morgan fingerprint density at radius 1 is 1.19 bits per heavy atom. The molecule has 2 aromatic heterocycles. The third-order valence-corrected chi connectivity index (χ3v) is 5.00. The van der Waals surface area contributed by atoms with Crippen molar-refractivity contribution in [3.63, 3.8) is 0 Å². The highest BCUT2D eigenvalue weighted by molar-refractivity contribution is 6.12. The van der Waals surface area contributed by atoms with Crippen LogP contribution in [0.15, 0.2) is 35.0 Å². The van der Waals surface area contributed by atoms with Gasteiger partial charge >= 0.3 is 0 Å². The third kappa shape index (κ3) is 3.02. The summed E-state index contributed by atoms with van der Waals surface area (Å²) < 4.78 is 4.96. The summed E-state index contributed by atoms with van der Waals surface area (Å²) in [5.41, 5.74) is -0.944. The smallest absolute Gasteiger partial charge is 0.241 e. The number of amides is 2. The van der Waals surface area contributed by atoms with Crippen LogP contribution >= 0.6 is 0 Å². The third-order valence-electron chi connectivity index (χ3n) is 5.00. The molecule has 2 aromatic rings. The van der Waals surface area contributed by atoms with Gasteiger partial charge in [0.1, 0.15) is 17.0 Å². The van der Waals surface area contributed by atoms with Gasteiger partial charge in [0.05, 0.1) is 0 Å². The molecule has 8 heteroatoms. The first-order chi connectivity index (χ1) is 12.6. The minimum atomic E-state index is -0.944. The molecule has 26 heavy (non-hydrogen) atoms. The highest BCUT2D eigenvalue weighted by Crippen LogP contribution is 2.48. The number of hydrogen-bond donors (Lipinski definition) is 1. The van der Waals surface area contributed by atoms with Crippen LogP contribution in [0.3, 0.4) is 0 Å². The topological polar surface area (TPSA) is 91.6 Å². The summed E-state index contributed by atoms with van der Waals surface area (Å²) in [6.07, 6.45) is 2.92. The number of carbonyl (C=O) groups is 2. The standard InChI is InChI=1S/C18H21N5O3/c1-13-12-14(21-26-13)20-16(24)18(5-6-18)17(25)23-10-8-22(9-11-23)15-4-2-3-7-19-15/h2-4,7,12H,5-6,8-11H2,1H3,(H,20,21,24). The Morgan fingerprint density at radius 2 is 1.96 bits per heavy atom. The van der Waals surface area contributed by atoms with Crippen molar-refractivity contribution in [2.45, 2.75) is 19.8 Å². The van der Waals surface area contributed by atoms with Crippen LogP contribution in [0.5, 0.6) is 0 Å². The molecule has 1 N–H and O–H groups in total. The predicted molar refractivity (Wildman–Crippen MR) is 94.6 cm³/mol. The summed E-state index contributed by atoms with van der Waals surface area (Å²) in [7, 11) is 0. The second-order valence-electron chi connectivity index (χ2n) is 6.83. The summed E-state index contributed by atoms with van der Waals surface area (Å²) in [6, 6.07) is 7.45. The van der Waals surface area contributed by atoms with E-state index in [4.69, 9.17) is 4.52 Å². The van der Waals surface area contributed by atoms with Crippen molar-refractivity contribution in [3.05, 3.63) is 36.2 Å². The van der Waals surface area contributed by atoms with Crippen molar-refractivity contribution < 1.29 is 14.1 Å². The molecule has 4 rings (SSSR count). The molecule has 2 fully saturated rings. The zero-order valence-electron chi connectivity index (χ0n) is 14.6. The maximum Gasteiger partial charge on any atom is 0.241 e. The van der Waals surface area contributed by atoms with Crippen molar-refractivity contribution >= 4 is 23.5 Å². The summed E-state index contributed by atoms with van der Waals surface area (Å²) in [4.78, 5) is 33.9. The predicted octanol–water partition coefficient (Wildman–Crippen LogP) is 1.45. The number of anilines is 2. The quantitative estimate of drug-likeness (QED) is 0.835. The lowest BCUT2D eigenvalue weighted by atomic mass is 10.0. The molecular weight excluding hydrogens is 334 g/mol. The maximum absolute atomic E-state index is 12.9. The number of rotatable bonds is 4. The monoisotopic (exact) mass is 355 g/mol. The van der Waals surface area contributed by atoms with Crippen molar-refractivity contribution in [3.8, 4) is 0 Å². The van der Waals surface area contributed by atoms with Gasteiger partial charge in [0, 0.05) is 38.4 Å². The molecule has 1 aliphatic heterocycles. The van der Waals surface area contributed by atoms with Gasteiger partial charge in [0.15, 0.2) is 5.82 Å². The minimum absolute atomic E-state index is 0.0871. The largest absolute Gasteiger partial charge is 0.360 e. The fourth-order valence-corrected chi connectivity index (χ4v) is 3.31. The van der Waals surface area contributed by atoms with Gasteiger partial charge in [-0.25, -0.2) is 4.98 Å². The van der Waals surface area contributed by atoms with E-state index in [-0.39, 0.29) is 11.8 Å². The van der Waals surface area contributed by atoms with E-state index < -0.39 is 5.41 Å². The van der Waals surface area contributed by atoms with Gasteiger partial charge in [-0.2, -0.15) is 0 Å². The van der Waals surface area contributed by atoms with E-state index in [1.807, 2.05) is 18.2 Å². The minimum Gasteiger partial charge on any atom is -0.360 e. The lowest BCUT2D eigenvalue weighted by molar-refractivity contribution is -0.142. The first kappa shape index (κ1) is 16.6. The number of hydrogen-bond acceptors (Lipinski definition) is 6. The molecule has 3 heterocycles. The van der Waals surface area contributed by atoms with Gasteiger partial charge in [0.2, 0.25) is 11.8 Å². The Labute approximate surface area is 151 Å². The number of nitrogens with one attached hydrogen (secondary N) is 1. The fourth-order valence-electron chi connectivity index (χ4n) is 3.31. The van der Waals surface area contributed by atoms with E-state index in [0.29, 0.717) is 50.6 Å². The summed E-state index contributed by atoms with van der Waals surface area (Å²) in [5, 5.41) is 6.48. The normalized spacial score (nSPS) is 18.5. The molecule has 1 saturated carbocycles.